The van der Waals surface area contributed by atoms with E-state index in [9.17, 15) is 0 Å². The highest BCUT2D eigenvalue weighted by Gasteiger charge is 1.99. The number of fused-ring (bicyclic) bond motifs is 1. The van der Waals surface area contributed by atoms with Crippen LogP contribution in [0.1, 0.15) is 133 Å². The van der Waals surface area contributed by atoms with E-state index in [1.165, 1.54) is 88.7 Å². The molecule has 8 aromatic rings. The smallest absolute Gasteiger partial charge is 0.00256 e. The first-order valence-electron chi connectivity index (χ1n) is 24.6. The Morgan fingerprint density at radius 3 is 0.894 bits per heavy atom. The summed E-state index contributed by atoms with van der Waals surface area (Å²) in [5.41, 5.74) is 19.2. The zero-order valence-corrected chi connectivity index (χ0v) is 44.7. The molecule has 8 rings (SSSR count). The molecule has 0 aliphatic carbocycles. The quantitative estimate of drug-likeness (QED) is 0.165. The predicted octanol–water partition coefficient (Wildman–Crippen LogP) is 20.0. The van der Waals surface area contributed by atoms with Crippen LogP contribution in [-0.2, 0) is 12.8 Å². The molecule has 0 radical (unpaired) electrons. The Bertz CT molecular complexity index is 2290. The van der Waals surface area contributed by atoms with Crippen molar-refractivity contribution < 1.29 is 0 Å². The normalized spacial score (nSPS) is 9.18. The van der Waals surface area contributed by atoms with Crippen LogP contribution in [0, 0.1) is 69.2 Å². The molecule has 0 aliphatic rings. The molecule has 0 fully saturated rings. The average Bonchev–Trinajstić information content (AvgIpc) is 3.34. The second-order valence-corrected chi connectivity index (χ2v) is 15.7. The maximum Gasteiger partial charge on any atom is -0.00256 e. The third kappa shape index (κ3) is 23.8. The molecule has 0 saturated carbocycles. The maximum absolute atomic E-state index is 2.25. The van der Waals surface area contributed by atoms with Gasteiger partial charge in [0.05, 0.1) is 0 Å². The van der Waals surface area contributed by atoms with E-state index < -0.39 is 0 Å². The molecule has 66 heavy (non-hydrogen) atoms. The van der Waals surface area contributed by atoms with Gasteiger partial charge in [-0.25, -0.2) is 0 Å². The van der Waals surface area contributed by atoms with Crippen molar-refractivity contribution in [1.29, 1.82) is 0 Å². The van der Waals surface area contributed by atoms with E-state index >= 15 is 0 Å². The van der Waals surface area contributed by atoms with E-state index in [4.69, 9.17) is 0 Å². The summed E-state index contributed by atoms with van der Waals surface area (Å²) in [5.74, 6) is 0. The number of rotatable bonds is 4. The highest BCUT2D eigenvalue weighted by molar-refractivity contribution is 5.88. The van der Waals surface area contributed by atoms with Crippen molar-refractivity contribution in [1.82, 2.24) is 0 Å². The van der Waals surface area contributed by atoms with E-state index in [0.29, 0.717) is 0 Å². The molecule has 0 bridgehead atoms. The van der Waals surface area contributed by atoms with Gasteiger partial charge in [0, 0.05) is 0 Å². The van der Waals surface area contributed by atoms with Crippen molar-refractivity contribution in [2.75, 3.05) is 0 Å². The van der Waals surface area contributed by atoms with Gasteiger partial charge in [0.1, 0.15) is 0 Å². The zero-order chi connectivity index (χ0) is 49.9. The summed E-state index contributed by atoms with van der Waals surface area (Å²) < 4.78 is 0. The minimum atomic E-state index is 1.03. The van der Waals surface area contributed by atoms with Gasteiger partial charge in [0.25, 0.3) is 0 Å². The third-order valence-electron chi connectivity index (χ3n) is 10.6. The fourth-order valence-electron chi connectivity index (χ4n) is 6.72. The number of hydrogen-bond donors (Lipinski definition) is 0. The summed E-state index contributed by atoms with van der Waals surface area (Å²) in [6.45, 7) is 37.4. The van der Waals surface area contributed by atoms with Crippen molar-refractivity contribution in [3.05, 3.63) is 260 Å². The third-order valence-corrected chi connectivity index (χ3v) is 10.6. The number of hydrogen-bond acceptors (Lipinski definition) is 0. The summed E-state index contributed by atoms with van der Waals surface area (Å²) in [5, 5.41) is 2.75. The molecule has 0 heteroatoms. The molecule has 0 heterocycles. The molecule has 0 aromatic heterocycles. The molecule has 352 valence electrons. The summed E-state index contributed by atoms with van der Waals surface area (Å²) in [7, 11) is 0. The molecular weight excluding hydrogens is 793 g/mol. The SMILES string of the molecule is CC.CC.CC.CC.Cc1ccc(C)c(C)c1.Cc1cccc(C)c1C.Cc1cccc(Cc2cccc(C)c2)c1.Cc1cccc2c(C)cccc12.c1ccc(Cc2ccccc2)cc1. The summed E-state index contributed by atoms with van der Waals surface area (Å²) in [6, 6.07) is 64.3. The van der Waals surface area contributed by atoms with Crippen LogP contribution < -0.4 is 0 Å². The van der Waals surface area contributed by atoms with Crippen LogP contribution in [-0.4, -0.2) is 0 Å². The van der Waals surface area contributed by atoms with Gasteiger partial charge in [-0.05, 0) is 154 Å². The van der Waals surface area contributed by atoms with Gasteiger partial charge < -0.3 is 0 Å². The zero-order valence-electron chi connectivity index (χ0n) is 44.7. The monoisotopic (exact) mass is 881 g/mol. The Hall–Kier alpha value is -5.98. The first kappa shape index (κ1) is 60.0. The predicted molar refractivity (Wildman–Crippen MR) is 301 cm³/mol. The van der Waals surface area contributed by atoms with Crippen molar-refractivity contribution in [3.63, 3.8) is 0 Å². The molecule has 0 amide bonds. The Labute approximate surface area is 406 Å². The van der Waals surface area contributed by atoms with Gasteiger partial charge in [-0.1, -0.05) is 254 Å². The summed E-state index contributed by atoms with van der Waals surface area (Å²) >= 11 is 0. The molecule has 0 nitrogen and oxygen atoms in total. The van der Waals surface area contributed by atoms with Crippen LogP contribution in [0.15, 0.2) is 182 Å². The second-order valence-electron chi connectivity index (χ2n) is 15.7. The Morgan fingerprint density at radius 2 is 0.545 bits per heavy atom. The van der Waals surface area contributed by atoms with Gasteiger partial charge in [0.2, 0.25) is 0 Å². The van der Waals surface area contributed by atoms with Gasteiger partial charge >= 0.3 is 0 Å². The highest BCUT2D eigenvalue weighted by Crippen LogP contribution is 2.21. The molecule has 0 spiro atoms. The van der Waals surface area contributed by atoms with Crippen molar-refractivity contribution in [2.24, 2.45) is 0 Å². The Kier molecular flexibility index (Phi) is 33.0. The second kappa shape index (κ2) is 36.3. The molecule has 0 aliphatic heterocycles. The molecule has 0 unspecified atom stereocenters. The molecule has 0 atom stereocenters. The average molecular weight is 881 g/mol. The minimum Gasteiger partial charge on any atom is -0.0683 e. The van der Waals surface area contributed by atoms with Crippen molar-refractivity contribution in [2.45, 2.75) is 137 Å². The van der Waals surface area contributed by atoms with Crippen LogP contribution in [0.2, 0.25) is 0 Å². The number of aryl methyl sites for hydroxylation is 9. The lowest BCUT2D eigenvalue weighted by atomic mass is 10.0. The van der Waals surface area contributed by atoms with E-state index in [0.717, 1.165) is 12.8 Å². The van der Waals surface area contributed by atoms with Crippen LogP contribution in [0.5, 0.6) is 0 Å². The molecule has 0 saturated heterocycles. The lowest BCUT2D eigenvalue weighted by Crippen LogP contribution is -1.89. The summed E-state index contributed by atoms with van der Waals surface area (Å²) in [4.78, 5) is 0. The van der Waals surface area contributed by atoms with Crippen LogP contribution >= 0.6 is 0 Å². The van der Waals surface area contributed by atoms with Gasteiger partial charge in [-0.3, -0.25) is 0 Å². The molecule has 0 N–H and O–H groups in total. The minimum absolute atomic E-state index is 1.03. The first-order valence-corrected chi connectivity index (χ1v) is 24.6. The van der Waals surface area contributed by atoms with Gasteiger partial charge in [0.15, 0.2) is 0 Å². The van der Waals surface area contributed by atoms with Crippen molar-refractivity contribution >= 4 is 10.8 Å². The molecule has 8 aromatic carbocycles. The van der Waals surface area contributed by atoms with E-state index in [-0.39, 0.29) is 0 Å². The molecular formula is C66H88. The van der Waals surface area contributed by atoms with Crippen LogP contribution in [0.4, 0.5) is 0 Å². The Morgan fingerprint density at radius 1 is 0.227 bits per heavy atom. The standard InChI is InChI=1S/C15H16.C13H12.C12H12.2C9H12.4C2H6/c1-12-5-3-7-14(9-12)11-15-8-4-6-13(2)10-15;1-3-7-12(8-4-1)11-13-9-5-2-6-10-13;1-9-5-3-8-12-10(2)6-4-7-11(9)12;1-7-4-5-8(2)9(3)6-7;1-7-5-4-6-8(2)9(7)3;4*1-2/h3-10H,11H2,1-2H3;1-10H,11H2;3-8H,1-2H3;2*4-6H,1-3H3;4*1-2H3. The lowest BCUT2D eigenvalue weighted by molar-refractivity contribution is 1.17. The van der Waals surface area contributed by atoms with Crippen LogP contribution in [0.25, 0.3) is 10.8 Å². The van der Waals surface area contributed by atoms with Crippen LogP contribution in [0.3, 0.4) is 0 Å². The van der Waals surface area contributed by atoms with Crippen molar-refractivity contribution in [3.8, 4) is 0 Å². The fourth-order valence-corrected chi connectivity index (χ4v) is 6.72. The topological polar surface area (TPSA) is 0 Å². The summed E-state index contributed by atoms with van der Waals surface area (Å²) in [6.07, 6.45) is 2.06. The highest BCUT2D eigenvalue weighted by atomic mass is 14.0. The van der Waals surface area contributed by atoms with E-state index in [1.54, 1.807) is 0 Å². The largest absolute Gasteiger partial charge is 0.0683 e. The number of benzene rings is 8. The first-order chi connectivity index (χ1) is 31.9. The van der Waals surface area contributed by atoms with E-state index in [2.05, 4.69) is 251 Å². The maximum atomic E-state index is 2.25. The van der Waals surface area contributed by atoms with E-state index in [1.807, 2.05) is 55.4 Å². The fraction of sp³-hybridized carbons (Fsp3) is 0.303. The van der Waals surface area contributed by atoms with Gasteiger partial charge in [-0.2, -0.15) is 0 Å². The van der Waals surface area contributed by atoms with Gasteiger partial charge in [-0.15, -0.1) is 0 Å². The Balaban J connectivity index is 0.000000778. The lowest BCUT2D eigenvalue weighted by Gasteiger charge is -2.03.